The Bertz CT molecular complexity index is 258. The molecule has 1 heterocycles. The summed E-state index contributed by atoms with van der Waals surface area (Å²) in [7, 11) is 0. The molecule has 0 saturated carbocycles. The van der Waals surface area contributed by atoms with Crippen molar-refractivity contribution >= 4 is 21.9 Å². The fourth-order valence-electron chi connectivity index (χ4n) is 0.629. The van der Waals surface area contributed by atoms with Gasteiger partial charge in [-0.05, 0) is 0 Å². The molecule has 0 saturated heterocycles. The molecule has 0 spiro atoms. The first-order valence-electron chi connectivity index (χ1n) is 3.00. The first-order chi connectivity index (χ1) is 5.18. The average Bonchev–Trinajstić information content (AvgIpc) is 2.31. The molecule has 1 aromatic rings. The Balaban J connectivity index is 2.45. The molecule has 0 atom stereocenters. The second-order valence-electron chi connectivity index (χ2n) is 1.97. The molecule has 0 fully saturated rings. The Kier molecular flexibility index (Phi) is 2.64. The molecule has 1 rings (SSSR count). The van der Waals surface area contributed by atoms with E-state index in [0.717, 1.165) is 0 Å². The summed E-state index contributed by atoms with van der Waals surface area (Å²) in [5.41, 5.74) is 0. The number of hydrogen-bond donors (Lipinski definition) is 1. The zero-order chi connectivity index (χ0) is 8.27. The molecule has 5 heteroatoms. The van der Waals surface area contributed by atoms with E-state index < -0.39 is 5.97 Å². The van der Waals surface area contributed by atoms with Gasteiger partial charge in [-0.25, -0.2) is 4.98 Å². The van der Waals surface area contributed by atoms with Gasteiger partial charge < -0.3 is 9.52 Å². The van der Waals surface area contributed by atoms with Crippen LogP contribution >= 0.6 is 15.9 Å². The van der Waals surface area contributed by atoms with Crippen LogP contribution in [0.4, 0.5) is 0 Å². The van der Waals surface area contributed by atoms with Crippen molar-refractivity contribution in [2.45, 2.75) is 12.8 Å². The highest BCUT2D eigenvalue weighted by Gasteiger charge is 2.03. The molecule has 0 unspecified atom stereocenters. The van der Waals surface area contributed by atoms with E-state index in [9.17, 15) is 4.79 Å². The maximum absolute atomic E-state index is 10.1. The predicted molar refractivity (Wildman–Crippen MR) is 40.2 cm³/mol. The molecule has 0 radical (unpaired) electrons. The Hall–Kier alpha value is -0.840. The standard InChI is InChI=1S/C6H6BrNO3/c7-6-8-3-4(11-6)1-2-5(9)10/h3H,1-2H2,(H,9,10). The molecule has 60 valence electrons. The predicted octanol–water partition coefficient (Wildman–Crippen LogP) is 1.45. The van der Waals surface area contributed by atoms with Crippen molar-refractivity contribution in [3.63, 3.8) is 0 Å². The second kappa shape index (κ2) is 3.52. The van der Waals surface area contributed by atoms with Crippen LogP contribution in [0.2, 0.25) is 0 Å². The lowest BCUT2D eigenvalue weighted by Gasteiger charge is -1.88. The van der Waals surface area contributed by atoms with Gasteiger partial charge in [0.25, 0.3) is 4.80 Å². The van der Waals surface area contributed by atoms with Gasteiger partial charge in [-0.1, -0.05) is 0 Å². The highest BCUT2D eigenvalue weighted by Crippen LogP contribution is 2.10. The Morgan fingerprint density at radius 2 is 2.55 bits per heavy atom. The smallest absolute Gasteiger partial charge is 0.303 e. The third kappa shape index (κ3) is 2.71. The summed E-state index contributed by atoms with van der Waals surface area (Å²) in [4.78, 5) is 14.2. The van der Waals surface area contributed by atoms with Gasteiger partial charge in [-0.15, -0.1) is 0 Å². The van der Waals surface area contributed by atoms with Crippen LogP contribution in [0.5, 0.6) is 0 Å². The van der Waals surface area contributed by atoms with Crippen LogP contribution in [0.3, 0.4) is 0 Å². The molecule has 0 aromatic carbocycles. The highest BCUT2D eigenvalue weighted by atomic mass is 79.9. The molecule has 4 nitrogen and oxygen atoms in total. The van der Waals surface area contributed by atoms with Gasteiger partial charge >= 0.3 is 5.97 Å². The maximum atomic E-state index is 10.1. The quantitative estimate of drug-likeness (QED) is 0.837. The van der Waals surface area contributed by atoms with Gasteiger partial charge in [-0.2, -0.15) is 0 Å². The molecular formula is C6H6BrNO3. The number of nitrogens with zero attached hydrogens (tertiary/aromatic N) is 1. The van der Waals surface area contributed by atoms with Crippen molar-refractivity contribution in [1.29, 1.82) is 0 Å². The molecule has 0 aliphatic rings. The summed E-state index contributed by atoms with van der Waals surface area (Å²) in [5, 5.41) is 8.31. The van der Waals surface area contributed by atoms with Crippen LogP contribution in [0.15, 0.2) is 15.4 Å². The molecule has 0 amide bonds. The SMILES string of the molecule is O=C(O)CCc1cnc(Br)o1. The fourth-order valence-corrected chi connectivity index (χ4v) is 0.940. The Morgan fingerprint density at radius 3 is 3.00 bits per heavy atom. The second-order valence-corrected chi connectivity index (χ2v) is 2.65. The third-order valence-corrected chi connectivity index (χ3v) is 1.48. The number of aliphatic carboxylic acids is 1. The molecule has 0 bridgehead atoms. The number of hydrogen-bond acceptors (Lipinski definition) is 3. The number of carbonyl (C=O) groups is 1. The van der Waals surface area contributed by atoms with E-state index in [1.54, 1.807) is 0 Å². The Labute approximate surface area is 71.4 Å². The average molecular weight is 220 g/mol. The van der Waals surface area contributed by atoms with E-state index in [-0.39, 0.29) is 6.42 Å². The van der Waals surface area contributed by atoms with E-state index in [1.165, 1.54) is 6.20 Å². The topological polar surface area (TPSA) is 63.3 Å². The Morgan fingerprint density at radius 1 is 1.82 bits per heavy atom. The van der Waals surface area contributed by atoms with Crippen LogP contribution < -0.4 is 0 Å². The fraction of sp³-hybridized carbons (Fsp3) is 0.333. The van der Waals surface area contributed by atoms with Crippen molar-refractivity contribution in [3.05, 3.63) is 16.8 Å². The van der Waals surface area contributed by atoms with E-state index in [2.05, 4.69) is 20.9 Å². The molecule has 1 N–H and O–H groups in total. The molecule has 0 aliphatic heterocycles. The van der Waals surface area contributed by atoms with Crippen LogP contribution in [-0.4, -0.2) is 16.1 Å². The highest BCUT2D eigenvalue weighted by molar-refractivity contribution is 9.10. The van der Waals surface area contributed by atoms with E-state index in [0.29, 0.717) is 17.0 Å². The van der Waals surface area contributed by atoms with Crippen LogP contribution in [0.1, 0.15) is 12.2 Å². The normalized spacial score (nSPS) is 9.91. The summed E-state index contributed by atoms with van der Waals surface area (Å²) < 4.78 is 4.98. The van der Waals surface area contributed by atoms with Gasteiger partial charge in [0, 0.05) is 22.4 Å². The number of oxazole rings is 1. The summed E-state index contributed by atoms with van der Waals surface area (Å²) in [5.74, 6) is -0.253. The summed E-state index contributed by atoms with van der Waals surface area (Å²) in [6.45, 7) is 0. The van der Waals surface area contributed by atoms with Gasteiger partial charge in [0.2, 0.25) is 0 Å². The minimum atomic E-state index is -0.836. The van der Waals surface area contributed by atoms with Crippen LogP contribution in [0.25, 0.3) is 0 Å². The van der Waals surface area contributed by atoms with Gasteiger partial charge in [0.1, 0.15) is 5.76 Å². The van der Waals surface area contributed by atoms with Gasteiger partial charge in [0.05, 0.1) is 12.6 Å². The van der Waals surface area contributed by atoms with E-state index in [1.807, 2.05) is 0 Å². The monoisotopic (exact) mass is 219 g/mol. The molecule has 1 aromatic heterocycles. The third-order valence-electron chi connectivity index (χ3n) is 1.11. The van der Waals surface area contributed by atoms with Gasteiger partial charge in [-0.3, -0.25) is 4.79 Å². The number of carboxylic acids is 1. The van der Waals surface area contributed by atoms with Crippen LogP contribution in [0, 0.1) is 0 Å². The zero-order valence-corrected chi connectivity index (χ0v) is 7.17. The summed E-state index contributed by atoms with van der Waals surface area (Å²) >= 11 is 3.01. The van der Waals surface area contributed by atoms with Gasteiger partial charge in [0.15, 0.2) is 0 Å². The number of aromatic nitrogens is 1. The summed E-state index contributed by atoms with van der Waals surface area (Å²) in [6, 6.07) is 0. The number of rotatable bonds is 3. The first kappa shape index (κ1) is 8.26. The lowest BCUT2D eigenvalue weighted by atomic mass is 10.3. The number of halogens is 1. The van der Waals surface area contributed by atoms with E-state index in [4.69, 9.17) is 9.52 Å². The zero-order valence-electron chi connectivity index (χ0n) is 5.58. The van der Waals surface area contributed by atoms with Crippen LogP contribution in [-0.2, 0) is 11.2 Å². The molecule has 11 heavy (non-hydrogen) atoms. The molecule has 0 aliphatic carbocycles. The van der Waals surface area contributed by atoms with Crippen molar-refractivity contribution in [1.82, 2.24) is 4.98 Å². The minimum absolute atomic E-state index is 0.0711. The van der Waals surface area contributed by atoms with Crippen molar-refractivity contribution in [3.8, 4) is 0 Å². The van der Waals surface area contributed by atoms with Crippen molar-refractivity contribution in [2.75, 3.05) is 0 Å². The lowest BCUT2D eigenvalue weighted by Crippen LogP contribution is -1.96. The molecular weight excluding hydrogens is 214 g/mol. The van der Waals surface area contributed by atoms with Crippen molar-refractivity contribution in [2.24, 2.45) is 0 Å². The summed E-state index contributed by atoms with van der Waals surface area (Å²) in [6.07, 6.45) is 1.96. The number of aryl methyl sites for hydroxylation is 1. The largest absolute Gasteiger partial charge is 0.481 e. The first-order valence-corrected chi connectivity index (χ1v) is 3.80. The number of carboxylic acid groups (broad SMARTS) is 1. The lowest BCUT2D eigenvalue weighted by molar-refractivity contribution is -0.137. The van der Waals surface area contributed by atoms with E-state index >= 15 is 0 Å². The minimum Gasteiger partial charge on any atom is -0.481 e. The van der Waals surface area contributed by atoms with Crippen molar-refractivity contribution < 1.29 is 14.3 Å². The maximum Gasteiger partial charge on any atom is 0.303 e.